The smallest absolute Gasteiger partial charge is 0.165 e. The molecule has 0 radical (unpaired) electrons. The van der Waals surface area contributed by atoms with Crippen molar-refractivity contribution in [1.29, 1.82) is 0 Å². The molecule has 6 nitrogen and oxygen atoms in total. The first-order valence-corrected chi connectivity index (χ1v) is 16.9. The van der Waals surface area contributed by atoms with E-state index in [1.807, 2.05) is 12.1 Å². The second kappa shape index (κ2) is 9.97. The van der Waals surface area contributed by atoms with E-state index in [2.05, 4.69) is 26.0 Å². The molecule has 6 aliphatic rings. The van der Waals surface area contributed by atoms with Gasteiger partial charge >= 0.3 is 0 Å². The van der Waals surface area contributed by atoms with Gasteiger partial charge in [0.25, 0.3) is 0 Å². The largest absolute Gasteiger partial charge is 0.504 e. The van der Waals surface area contributed by atoms with Gasteiger partial charge in [-0.25, -0.2) is 0 Å². The van der Waals surface area contributed by atoms with E-state index in [0.29, 0.717) is 52.6 Å². The SMILES string of the molecule is C[C@]12CCC3c4cc(COOc5ccc6c(c5)CC[C@@H]5[C@@H]6CC[C@]6(C)C(=O)CC[C@@H]56)c(O)c(O)c4CCC3C1CC[C@@H]2O. The Kier molecular flexibility index (Phi) is 6.48. The Morgan fingerprint density at radius 3 is 2.44 bits per heavy atom. The highest BCUT2D eigenvalue weighted by molar-refractivity contribution is 5.87. The van der Waals surface area contributed by atoms with Gasteiger partial charge in [-0.2, -0.15) is 4.89 Å². The number of ketones is 1. The summed E-state index contributed by atoms with van der Waals surface area (Å²) in [6.45, 7) is 4.53. The molecule has 9 atom stereocenters. The zero-order valence-electron chi connectivity index (χ0n) is 25.6. The van der Waals surface area contributed by atoms with Crippen molar-refractivity contribution in [3.05, 3.63) is 52.1 Å². The Morgan fingerprint density at radius 1 is 0.814 bits per heavy atom. The monoisotopic (exact) mass is 586 g/mol. The minimum absolute atomic E-state index is 0.000321. The van der Waals surface area contributed by atoms with Gasteiger partial charge in [-0.1, -0.05) is 19.9 Å². The summed E-state index contributed by atoms with van der Waals surface area (Å²) in [5.74, 6) is 4.00. The van der Waals surface area contributed by atoms with Crippen LogP contribution in [0, 0.1) is 34.5 Å². The van der Waals surface area contributed by atoms with E-state index in [-0.39, 0.29) is 35.0 Å². The lowest BCUT2D eigenvalue weighted by Gasteiger charge is -2.50. The van der Waals surface area contributed by atoms with Gasteiger partial charge in [0.2, 0.25) is 0 Å². The number of rotatable bonds is 4. The first-order chi connectivity index (χ1) is 20.7. The second-order valence-corrected chi connectivity index (χ2v) is 15.4. The summed E-state index contributed by atoms with van der Waals surface area (Å²) in [5.41, 5.74) is 5.19. The number of aryl methyl sites for hydroxylation is 1. The molecule has 0 amide bonds. The highest BCUT2D eigenvalue weighted by atomic mass is 17.2. The molecule has 4 saturated carbocycles. The third-order valence-electron chi connectivity index (χ3n) is 13.8. The first-order valence-electron chi connectivity index (χ1n) is 16.9. The van der Waals surface area contributed by atoms with Gasteiger partial charge in [-0.3, -0.25) is 4.79 Å². The Morgan fingerprint density at radius 2 is 1.58 bits per heavy atom. The highest BCUT2D eigenvalue weighted by Gasteiger charge is 2.56. The standard InChI is InChI=1S/C37H46O6/c1-36-15-13-24-23-6-4-22(17-20(23)3-5-26(24)30(36)9-11-32(36)38)43-42-19-21-18-29-25-14-16-37(2)31(10-12-33(37)39)27(25)7-8-28(29)35(41)34(21)40/h4,6,17-18,24-27,30-31,33,39-41H,3,5,7-16,19H2,1-2H3/t24-,25?,26-,27?,30+,31?,33+,36+,37+/m1/s1. The lowest BCUT2D eigenvalue weighted by atomic mass is 9.55. The Hall–Kier alpha value is -2.57. The van der Waals surface area contributed by atoms with Crippen molar-refractivity contribution in [1.82, 2.24) is 0 Å². The average molecular weight is 587 g/mol. The van der Waals surface area contributed by atoms with Crippen molar-refractivity contribution < 1.29 is 29.9 Å². The number of aliphatic hydroxyl groups is 1. The van der Waals surface area contributed by atoms with Gasteiger partial charge in [0, 0.05) is 23.0 Å². The van der Waals surface area contributed by atoms with E-state index in [1.54, 1.807) is 0 Å². The van der Waals surface area contributed by atoms with Crippen molar-refractivity contribution in [3.63, 3.8) is 0 Å². The van der Waals surface area contributed by atoms with Crippen LogP contribution in [0.3, 0.4) is 0 Å². The van der Waals surface area contributed by atoms with E-state index >= 15 is 0 Å². The zero-order chi connectivity index (χ0) is 29.7. The quantitative estimate of drug-likeness (QED) is 0.198. The van der Waals surface area contributed by atoms with Crippen LogP contribution in [0.5, 0.6) is 17.2 Å². The highest BCUT2D eigenvalue weighted by Crippen LogP contribution is 2.62. The molecule has 0 aliphatic heterocycles. The predicted molar refractivity (Wildman–Crippen MR) is 162 cm³/mol. The minimum atomic E-state index is -0.212. The average Bonchev–Trinajstić information content (AvgIpc) is 3.49. The van der Waals surface area contributed by atoms with Crippen LogP contribution >= 0.6 is 0 Å². The van der Waals surface area contributed by atoms with Crippen LogP contribution in [-0.2, 0) is 29.1 Å². The lowest BCUT2D eigenvalue weighted by molar-refractivity contribution is -0.217. The molecule has 6 aliphatic carbocycles. The molecule has 4 fully saturated rings. The van der Waals surface area contributed by atoms with Crippen molar-refractivity contribution in [2.24, 2.45) is 34.5 Å². The summed E-state index contributed by atoms with van der Waals surface area (Å²) in [4.78, 5) is 24.1. The molecule has 0 bridgehead atoms. The number of phenols is 2. The van der Waals surface area contributed by atoms with Crippen molar-refractivity contribution in [2.75, 3.05) is 0 Å². The van der Waals surface area contributed by atoms with Crippen LogP contribution in [-0.4, -0.2) is 27.2 Å². The molecule has 8 rings (SSSR count). The van der Waals surface area contributed by atoms with E-state index in [1.165, 1.54) is 11.1 Å². The summed E-state index contributed by atoms with van der Waals surface area (Å²) in [5, 5.41) is 32.7. The van der Waals surface area contributed by atoms with E-state index in [4.69, 9.17) is 9.78 Å². The summed E-state index contributed by atoms with van der Waals surface area (Å²) in [7, 11) is 0. The summed E-state index contributed by atoms with van der Waals surface area (Å²) in [6, 6.07) is 8.32. The van der Waals surface area contributed by atoms with Gasteiger partial charge in [0.15, 0.2) is 17.2 Å². The fraction of sp³-hybridized carbons (Fsp3) is 0.649. The molecular formula is C37H46O6. The Bertz CT molecular complexity index is 1470. The molecule has 0 saturated heterocycles. The Balaban J connectivity index is 0.968. The maximum atomic E-state index is 12.7. The maximum Gasteiger partial charge on any atom is 0.165 e. The third-order valence-corrected chi connectivity index (χ3v) is 13.8. The van der Waals surface area contributed by atoms with Crippen LogP contribution in [0.25, 0.3) is 0 Å². The number of aromatic hydroxyl groups is 2. The van der Waals surface area contributed by atoms with Gasteiger partial charge < -0.3 is 20.2 Å². The number of Topliss-reactive ketones (excluding diaryl/α,β-unsaturated/α-hetero) is 1. The number of hydrogen-bond acceptors (Lipinski definition) is 6. The molecule has 43 heavy (non-hydrogen) atoms. The normalized spacial score (nSPS) is 39.2. The first kappa shape index (κ1) is 27.9. The van der Waals surface area contributed by atoms with Gasteiger partial charge in [-0.05, 0) is 146 Å². The van der Waals surface area contributed by atoms with Crippen molar-refractivity contribution in [2.45, 2.75) is 115 Å². The fourth-order valence-corrected chi connectivity index (χ4v) is 11.4. The topological polar surface area (TPSA) is 96.2 Å². The van der Waals surface area contributed by atoms with E-state index < -0.39 is 0 Å². The lowest BCUT2D eigenvalue weighted by Crippen LogP contribution is -2.43. The second-order valence-electron chi connectivity index (χ2n) is 15.4. The van der Waals surface area contributed by atoms with Gasteiger partial charge in [-0.15, -0.1) is 0 Å². The third kappa shape index (κ3) is 4.08. The van der Waals surface area contributed by atoms with Crippen LogP contribution in [0.4, 0.5) is 0 Å². The molecule has 0 aromatic heterocycles. The van der Waals surface area contributed by atoms with Crippen LogP contribution in [0.15, 0.2) is 24.3 Å². The number of hydrogen-bond donors (Lipinski definition) is 3. The van der Waals surface area contributed by atoms with Crippen LogP contribution in [0.2, 0.25) is 0 Å². The minimum Gasteiger partial charge on any atom is -0.504 e. The predicted octanol–water partition coefficient (Wildman–Crippen LogP) is 7.25. The molecule has 0 heterocycles. The summed E-state index contributed by atoms with van der Waals surface area (Å²) >= 11 is 0. The molecular weight excluding hydrogens is 540 g/mol. The molecule has 3 N–H and O–H groups in total. The zero-order valence-corrected chi connectivity index (χ0v) is 25.6. The number of carbonyl (C=O) groups is 1. The van der Waals surface area contributed by atoms with Crippen LogP contribution < -0.4 is 4.89 Å². The molecule has 6 heteroatoms. The van der Waals surface area contributed by atoms with Gasteiger partial charge in [0.1, 0.15) is 12.4 Å². The van der Waals surface area contributed by atoms with Crippen molar-refractivity contribution >= 4 is 5.78 Å². The van der Waals surface area contributed by atoms with Crippen LogP contribution in [0.1, 0.15) is 118 Å². The number of carbonyl (C=O) groups excluding carboxylic acids is 1. The number of aliphatic hydroxyl groups excluding tert-OH is 1. The Labute approximate surface area is 254 Å². The number of phenolic OH excluding ortho intramolecular Hbond substituents is 2. The summed E-state index contributed by atoms with van der Waals surface area (Å²) in [6.07, 6.45) is 11.5. The molecule has 230 valence electrons. The van der Waals surface area contributed by atoms with E-state index in [0.717, 1.165) is 88.2 Å². The fourth-order valence-electron chi connectivity index (χ4n) is 11.4. The summed E-state index contributed by atoms with van der Waals surface area (Å²) < 4.78 is 0. The molecule has 2 aromatic rings. The van der Waals surface area contributed by atoms with Crippen molar-refractivity contribution in [3.8, 4) is 17.2 Å². The maximum absolute atomic E-state index is 12.7. The van der Waals surface area contributed by atoms with Gasteiger partial charge in [0.05, 0.1) is 6.10 Å². The number of benzene rings is 2. The molecule has 2 aromatic carbocycles. The van der Waals surface area contributed by atoms with E-state index in [9.17, 15) is 20.1 Å². The molecule has 3 unspecified atom stereocenters. The molecule has 0 spiro atoms. The number of fused-ring (bicyclic) bond motifs is 10.